The van der Waals surface area contributed by atoms with E-state index in [1.807, 2.05) is 0 Å². The fraction of sp³-hybridized carbons (Fsp3) is 0.667. The molecule has 1 saturated carbocycles. The van der Waals surface area contributed by atoms with Crippen molar-refractivity contribution in [3.63, 3.8) is 0 Å². The molecule has 0 N–H and O–H groups in total. The Kier molecular flexibility index (Phi) is 3.60. The molecule has 68 valence electrons. The van der Waals surface area contributed by atoms with E-state index in [1.165, 1.54) is 25.5 Å². The molecule has 0 radical (unpaired) electrons. The van der Waals surface area contributed by atoms with Crippen LogP contribution >= 0.6 is 11.6 Å². The van der Waals surface area contributed by atoms with Crippen molar-refractivity contribution in [2.45, 2.75) is 38.1 Å². The molecule has 0 aliphatic heterocycles. The Morgan fingerprint density at radius 1 is 1.42 bits per heavy atom. The summed E-state index contributed by atoms with van der Waals surface area (Å²) in [6, 6.07) is 0.293. The van der Waals surface area contributed by atoms with E-state index >= 15 is 0 Å². The highest BCUT2D eigenvalue weighted by Crippen LogP contribution is 2.23. The molecule has 0 saturated heterocycles. The molecular weight excluding hydrogens is 174 g/mol. The molecular formula is C9H14ClNO. The normalized spacial score (nSPS) is 18.8. The van der Waals surface area contributed by atoms with Crippen LogP contribution in [0.25, 0.3) is 0 Å². The number of carbonyl (C=O) groups is 1. The first-order valence-electron chi connectivity index (χ1n) is 4.36. The van der Waals surface area contributed by atoms with Gasteiger partial charge in [-0.1, -0.05) is 25.8 Å². The van der Waals surface area contributed by atoms with Crippen molar-refractivity contribution in [1.29, 1.82) is 0 Å². The van der Waals surface area contributed by atoms with Crippen molar-refractivity contribution in [1.82, 2.24) is 4.90 Å². The lowest BCUT2D eigenvalue weighted by Gasteiger charge is -2.29. The molecule has 1 rings (SSSR count). The van der Waals surface area contributed by atoms with Crippen molar-refractivity contribution >= 4 is 17.0 Å². The van der Waals surface area contributed by atoms with Crippen molar-refractivity contribution in [2.24, 2.45) is 0 Å². The molecule has 2 nitrogen and oxygen atoms in total. The lowest BCUT2D eigenvalue weighted by Crippen LogP contribution is -2.33. The lowest BCUT2D eigenvalue weighted by atomic mass is 9.95. The predicted molar refractivity (Wildman–Crippen MR) is 50.2 cm³/mol. The molecule has 0 aromatic rings. The van der Waals surface area contributed by atoms with E-state index in [9.17, 15) is 4.79 Å². The van der Waals surface area contributed by atoms with Gasteiger partial charge in [-0.3, -0.25) is 4.79 Å². The summed E-state index contributed by atoms with van der Waals surface area (Å²) in [6.45, 7) is 3.58. The monoisotopic (exact) mass is 187 g/mol. The first-order valence-corrected chi connectivity index (χ1v) is 4.74. The zero-order valence-electron chi connectivity index (χ0n) is 7.13. The van der Waals surface area contributed by atoms with Crippen molar-refractivity contribution in [2.75, 3.05) is 0 Å². The van der Waals surface area contributed by atoms with E-state index in [1.54, 1.807) is 4.90 Å². The van der Waals surface area contributed by atoms with Crippen LogP contribution in [-0.4, -0.2) is 16.3 Å². The fourth-order valence-corrected chi connectivity index (χ4v) is 1.93. The molecule has 0 spiro atoms. The summed E-state index contributed by atoms with van der Waals surface area (Å²) >= 11 is 5.39. The molecule has 0 heterocycles. The Hall–Kier alpha value is -0.500. The lowest BCUT2D eigenvalue weighted by molar-refractivity contribution is 0.207. The van der Waals surface area contributed by atoms with E-state index in [4.69, 9.17) is 11.6 Å². The van der Waals surface area contributed by atoms with E-state index in [-0.39, 0.29) is 0 Å². The third-order valence-corrected chi connectivity index (χ3v) is 2.56. The van der Waals surface area contributed by atoms with Gasteiger partial charge in [0, 0.05) is 12.2 Å². The summed E-state index contributed by atoms with van der Waals surface area (Å²) in [5, 5.41) is -0.406. The highest BCUT2D eigenvalue weighted by atomic mass is 35.5. The number of halogens is 1. The van der Waals surface area contributed by atoms with E-state index in [2.05, 4.69) is 6.58 Å². The van der Waals surface area contributed by atoms with Crippen LogP contribution in [0.2, 0.25) is 0 Å². The second-order valence-corrected chi connectivity index (χ2v) is 3.46. The van der Waals surface area contributed by atoms with Crippen LogP contribution in [0.1, 0.15) is 32.1 Å². The topological polar surface area (TPSA) is 20.3 Å². The van der Waals surface area contributed by atoms with Gasteiger partial charge in [-0.05, 0) is 24.4 Å². The van der Waals surface area contributed by atoms with Crippen LogP contribution in [0.3, 0.4) is 0 Å². The molecule has 1 aliphatic carbocycles. The zero-order valence-corrected chi connectivity index (χ0v) is 7.89. The van der Waals surface area contributed by atoms with Gasteiger partial charge in [-0.15, -0.1) is 0 Å². The maximum absolute atomic E-state index is 10.9. The van der Waals surface area contributed by atoms with Gasteiger partial charge in [-0.25, -0.2) is 0 Å². The van der Waals surface area contributed by atoms with Crippen molar-refractivity contribution in [3.8, 4) is 0 Å². The first-order chi connectivity index (χ1) is 5.75. The van der Waals surface area contributed by atoms with Gasteiger partial charge in [0.2, 0.25) is 0 Å². The van der Waals surface area contributed by atoms with Gasteiger partial charge in [0.1, 0.15) is 0 Å². The molecule has 0 unspecified atom stereocenters. The highest BCUT2D eigenvalue weighted by Gasteiger charge is 2.21. The number of amides is 1. The third-order valence-electron chi connectivity index (χ3n) is 2.37. The number of hydrogen-bond acceptors (Lipinski definition) is 1. The zero-order chi connectivity index (χ0) is 8.97. The minimum Gasteiger partial charge on any atom is -0.303 e. The molecule has 0 aromatic carbocycles. The van der Waals surface area contributed by atoms with Crippen LogP contribution in [0.4, 0.5) is 4.79 Å². The summed E-state index contributed by atoms with van der Waals surface area (Å²) in [4.78, 5) is 12.4. The number of nitrogens with zero attached hydrogens (tertiary/aromatic N) is 1. The molecule has 0 atom stereocenters. The van der Waals surface area contributed by atoms with Crippen LogP contribution < -0.4 is 0 Å². The maximum Gasteiger partial charge on any atom is 0.320 e. The highest BCUT2D eigenvalue weighted by molar-refractivity contribution is 6.63. The van der Waals surface area contributed by atoms with Gasteiger partial charge in [0.05, 0.1) is 0 Å². The SMILES string of the molecule is C=CN(C(=O)Cl)C1CCCCC1. The largest absolute Gasteiger partial charge is 0.320 e. The molecule has 0 aromatic heterocycles. The minimum atomic E-state index is -0.406. The predicted octanol–water partition coefficient (Wildman–Crippen LogP) is 3.12. The number of hydrogen-bond donors (Lipinski definition) is 0. The number of rotatable bonds is 2. The van der Waals surface area contributed by atoms with E-state index in [0.717, 1.165) is 12.8 Å². The van der Waals surface area contributed by atoms with Gasteiger partial charge >= 0.3 is 5.37 Å². The Morgan fingerprint density at radius 2 is 2.00 bits per heavy atom. The average Bonchev–Trinajstić information content (AvgIpc) is 2.07. The van der Waals surface area contributed by atoms with Crippen LogP contribution in [0.5, 0.6) is 0 Å². The Labute approximate surface area is 78.2 Å². The smallest absolute Gasteiger partial charge is 0.303 e. The van der Waals surface area contributed by atoms with Gasteiger partial charge in [-0.2, -0.15) is 0 Å². The third kappa shape index (κ3) is 2.24. The second kappa shape index (κ2) is 4.51. The summed E-state index contributed by atoms with van der Waals surface area (Å²) in [7, 11) is 0. The average molecular weight is 188 g/mol. The minimum absolute atomic E-state index is 0.293. The maximum atomic E-state index is 10.9. The second-order valence-electron chi connectivity index (χ2n) is 3.13. The molecule has 1 amide bonds. The summed E-state index contributed by atoms with van der Waals surface area (Å²) in [5.41, 5.74) is 0. The Bertz CT molecular complexity index is 175. The van der Waals surface area contributed by atoms with Crippen LogP contribution in [0.15, 0.2) is 12.8 Å². The van der Waals surface area contributed by atoms with Crippen molar-refractivity contribution in [3.05, 3.63) is 12.8 Å². The quantitative estimate of drug-likeness (QED) is 0.481. The Morgan fingerprint density at radius 3 is 2.42 bits per heavy atom. The Balaban J connectivity index is 2.51. The van der Waals surface area contributed by atoms with Crippen LogP contribution in [0, 0.1) is 0 Å². The summed E-state index contributed by atoms with van der Waals surface area (Å²) < 4.78 is 0. The van der Waals surface area contributed by atoms with Crippen molar-refractivity contribution < 1.29 is 4.79 Å². The molecule has 1 aliphatic rings. The van der Waals surface area contributed by atoms with Gasteiger partial charge < -0.3 is 4.90 Å². The van der Waals surface area contributed by atoms with E-state index < -0.39 is 5.37 Å². The van der Waals surface area contributed by atoms with E-state index in [0.29, 0.717) is 6.04 Å². The fourth-order valence-electron chi connectivity index (χ4n) is 1.72. The molecule has 12 heavy (non-hydrogen) atoms. The standard InChI is InChI=1S/C9H14ClNO/c1-2-11(9(10)12)8-6-4-3-5-7-8/h2,8H,1,3-7H2. The molecule has 1 fully saturated rings. The van der Waals surface area contributed by atoms with Gasteiger partial charge in [0.25, 0.3) is 0 Å². The summed E-state index contributed by atoms with van der Waals surface area (Å²) in [5.74, 6) is 0. The molecule has 3 heteroatoms. The summed E-state index contributed by atoms with van der Waals surface area (Å²) in [6.07, 6.45) is 7.32. The van der Waals surface area contributed by atoms with Gasteiger partial charge in [0.15, 0.2) is 0 Å². The van der Waals surface area contributed by atoms with Crippen LogP contribution in [-0.2, 0) is 0 Å². The molecule has 0 bridgehead atoms. The number of carbonyl (C=O) groups excluding carboxylic acids is 1. The first kappa shape index (κ1) is 9.59.